The summed E-state index contributed by atoms with van der Waals surface area (Å²) in [6.45, 7) is 2.98. The second-order valence-corrected chi connectivity index (χ2v) is 2.36. The molecule has 0 atom stereocenters. The molecule has 0 aromatic carbocycles. The van der Waals surface area contributed by atoms with Crippen LogP contribution in [-0.4, -0.2) is 17.6 Å². The smallest absolute Gasteiger partial charge is 0.286 e. The van der Waals surface area contributed by atoms with Gasteiger partial charge in [-0.1, -0.05) is 0 Å². The van der Waals surface area contributed by atoms with E-state index in [1.165, 1.54) is 13.8 Å². The van der Waals surface area contributed by atoms with Crippen LogP contribution in [0.4, 0.5) is 0 Å². The molecule has 1 heterocycles. The summed E-state index contributed by atoms with van der Waals surface area (Å²) in [5, 5.41) is 1.92. The van der Waals surface area contributed by atoms with E-state index in [1.807, 2.05) is 5.32 Å². The molecule has 58 valence electrons. The molecule has 0 saturated carbocycles. The van der Waals surface area contributed by atoms with E-state index < -0.39 is 17.6 Å². The third-order valence-electron chi connectivity index (χ3n) is 1.68. The topological polar surface area (TPSA) is 63.2 Å². The highest BCUT2D eigenvalue weighted by Gasteiger charge is 2.27. The van der Waals surface area contributed by atoms with Gasteiger partial charge in [-0.15, -0.1) is 0 Å². The van der Waals surface area contributed by atoms with Crippen molar-refractivity contribution in [3.63, 3.8) is 0 Å². The first-order valence-corrected chi connectivity index (χ1v) is 3.11. The molecule has 2 amide bonds. The molecule has 0 radical (unpaired) electrons. The average Bonchev–Trinajstić information content (AvgIpc) is 1.97. The summed E-state index contributed by atoms with van der Waals surface area (Å²) in [5.41, 5.74) is 0.549. The molecule has 1 N–H and O–H groups in total. The van der Waals surface area contributed by atoms with Crippen molar-refractivity contribution in [3.05, 3.63) is 11.1 Å². The molecule has 0 fully saturated rings. The Hall–Kier alpha value is -1.45. The number of amides is 2. The molecule has 0 aliphatic carbocycles. The summed E-state index contributed by atoms with van der Waals surface area (Å²) in [7, 11) is 0. The van der Waals surface area contributed by atoms with Crippen molar-refractivity contribution in [2.75, 3.05) is 0 Å². The third kappa shape index (κ3) is 1.07. The summed E-state index contributed by atoms with van der Waals surface area (Å²) >= 11 is 0. The van der Waals surface area contributed by atoms with E-state index in [0.29, 0.717) is 5.57 Å². The molecular weight excluding hydrogens is 146 g/mol. The van der Waals surface area contributed by atoms with Crippen LogP contribution >= 0.6 is 0 Å². The average molecular weight is 153 g/mol. The number of imide groups is 1. The lowest BCUT2D eigenvalue weighted by atomic mass is 10.0. The molecule has 1 rings (SSSR count). The molecule has 0 unspecified atom stereocenters. The Morgan fingerprint density at radius 3 is 2.00 bits per heavy atom. The van der Waals surface area contributed by atoms with Gasteiger partial charge >= 0.3 is 0 Å². The maximum Gasteiger partial charge on any atom is 0.298 e. The Labute approximate surface area is 63.3 Å². The van der Waals surface area contributed by atoms with Gasteiger partial charge in [-0.25, -0.2) is 0 Å². The van der Waals surface area contributed by atoms with Gasteiger partial charge in [0.1, 0.15) is 0 Å². The number of Topliss-reactive ketones (excluding diaryl/α,β-unsaturated/α-hetero) is 1. The second kappa shape index (κ2) is 2.30. The van der Waals surface area contributed by atoms with Gasteiger partial charge in [0, 0.05) is 11.1 Å². The normalized spacial score (nSPS) is 18.9. The minimum absolute atomic E-state index is 0.235. The standard InChI is InChI=1S/C7H7NO3/c1-3-4(2)6(10)8-7(11)5(3)9/h1-2H3,(H,8,10,11). The van der Waals surface area contributed by atoms with E-state index in [0.717, 1.165) is 0 Å². The quantitative estimate of drug-likeness (QED) is 0.378. The van der Waals surface area contributed by atoms with Crippen LogP contribution in [0.2, 0.25) is 0 Å². The monoisotopic (exact) mass is 153 g/mol. The highest BCUT2D eigenvalue weighted by Crippen LogP contribution is 2.08. The van der Waals surface area contributed by atoms with Crippen LogP contribution in [0.1, 0.15) is 13.8 Å². The Balaban J connectivity index is 3.18. The van der Waals surface area contributed by atoms with Gasteiger partial charge < -0.3 is 0 Å². The van der Waals surface area contributed by atoms with Gasteiger partial charge in [0.05, 0.1) is 0 Å². The van der Waals surface area contributed by atoms with Crippen LogP contribution in [-0.2, 0) is 14.4 Å². The van der Waals surface area contributed by atoms with E-state index in [2.05, 4.69) is 0 Å². The first-order valence-electron chi connectivity index (χ1n) is 3.11. The largest absolute Gasteiger partial charge is 0.298 e. The summed E-state index contributed by atoms with van der Waals surface area (Å²) < 4.78 is 0. The molecule has 0 spiro atoms. The van der Waals surface area contributed by atoms with E-state index in [1.54, 1.807) is 0 Å². The molecule has 0 aromatic heterocycles. The molecule has 1 aliphatic rings. The van der Waals surface area contributed by atoms with Crippen LogP contribution in [0.25, 0.3) is 0 Å². The van der Waals surface area contributed by atoms with Crippen LogP contribution in [0.5, 0.6) is 0 Å². The van der Waals surface area contributed by atoms with Crippen molar-refractivity contribution < 1.29 is 14.4 Å². The van der Waals surface area contributed by atoms with Crippen molar-refractivity contribution >= 4 is 17.6 Å². The number of ketones is 1. The Morgan fingerprint density at radius 2 is 1.45 bits per heavy atom. The van der Waals surface area contributed by atoms with Gasteiger partial charge in [-0.2, -0.15) is 0 Å². The van der Waals surface area contributed by atoms with E-state index in [4.69, 9.17) is 0 Å². The van der Waals surface area contributed by atoms with Gasteiger partial charge in [-0.3, -0.25) is 19.7 Å². The molecule has 0 aromatic rings. The summed E-state index contributed by atoms with van der Waals surface area (Å²) in [6, 6.07) is 0. The fourth-order valence-corrected chi connectivity index (χ4v) is 0.765. The molecule has 4 nitrogen and oxygen atoms in total. The molecule has 0 saturated heterocycles. The Kier molecular flexibility index (Phi) is 1.60. The molecule has 0 bridgehead atoms. The predicted molar refractivity (Wildman–Crippen MR) is 36.5 cm³/mol. The van der Waals surface area contributed by atoms with Crippen molar-refractivity contribution in [3.8, 4) is 0 Å². The second-order valence-electron chi connectivity index (χ2n) is 2.36. The molecule has 11 heavy (non-hydrogen) atoms. The maximum atomic E-state index is 10.9. The molecule has 4 heteroatoms. The first kappa shape index (κ1) is 7.65. The van der Waals surface area contributed by atoms with Gasteiger partial charge in [0.2, 0.25) is 5.78 Å². The predicted octanol–water partition coefficient (Wildman–Crippen LogP) is -0.452. The SMILES string of the molecule is CC1=C(C)C(=O)C(=O)NC1=O. The zero-order valence-corrected chi connectivity index (χ0v) is 6.22. The molecular formula is C7H7NO3. The third-order valence-corrected chi connectivity index (χ3v) is 1.68. The fourth-order valence-electron chi connectivity index (χ4n) is 0.765. The van der Waals surface area contributed by atoms with Crippen LogP contribution < -0.4 is 5.32 Å². The number of nitrogens with one attached hydrogen (secondary N) is 1. The highest BCUT2D eigenvalue weighted by molar-refractivity contribution is 6.48. The number of carbonyl (C=O) groups is 3. The van der Waals surface area contributed by atoms with E-state index >= 15 is 0 Å². The minimum atomic E-state index is -0.835. The lowest BCUT2D eigenvalue weighted by Gasteiger charge is -2.11. The minimum Gasteiger partial charge on any atom is -0.286 e. The van der Waals surface area contributed by atoms with Crippen molar-refractivity contribution in [1.82, 2.24) is 5.32 Å². The van der Waals surface area contributed by atoms with Gasteiger partial charge in [0.25, 0.3) is 11.8 Å². The van der Waals surface area contributed by atoms with Crippen molar-refractivity contribution in [2.45, 2.75) is 13.8 Å². The Bertz CT molecular complexity index is 288. The highest BCUT2D eigenvalue weighted by atomic mass is 16.2. The summed E-state index contributed by atoms with van der Waals surface area (Å²) in [6.07, 6.45) is 0. The summed E-state index contributed by atoms with van der Waals surface area (Å²) in [4.78, 5) is 32.3. The van der Waals surface area contributed by atoms with Gasteiger partial charge in [0.15, 0.2) is 0 Å². The zero-order chi connectivity index (χ0) is 8.59. The fraction of sp³-hybridized carbons (Fsp3) is 0.286. The van der Waals surface area contributed by atoms with Crippen molar-refractivity contribution in [1.29, 1.82) is 0 Å². The Morgan fingerprint density at radius 1 is 0.909 bits per heavy atom. The zero-order valence-electron chi connectivity index (χ0n) is 6.22. The first-order chi connectivity index (χ1) is 5.04. The lowest BCUT2D eigenvalue weighted by molar-refractivity contribution is -0.139. The van der Waals surface area contributed by atoms with Crippen LogP contribution in [0.3, 0.4) is 0 Å². The number of hydrogen-bond donors (Lipinski definition) is 1. The maximum absolute atomic E-state index is 10.9. The van der Waals surface area contributed by atoms with E-state index in [-0.39, 0.29) is 5.57 Å². The molecule has 1 aliphatic heterocycles. The van der Waals surface area contributed by atoms with Crippen LogP contribution in [0, 0.1) is 0 Å². The number of carbonyl (C=O) groups excluding carboxylic acids is 3. The van der Waals surface area contributed by atoms with Gasteiger partial charge in [-0.05, 0) is 13.8 Å². The van der Waals surface area contributed by atoms with Crippen LogP contribution in [0.15, 0.2) is 11.1 Å². The summed E-state index contributed by atoms with van der Waals surface area (Å²) in [5.74, 6) is -1.94. The number of hydrogen-bond acceptors (Lipinski definition) is 3. The van der Waals surface area contributed by atoms with E-state index in [9.17, 15) is 14.4 Å². The lowest BCUT2D eigenvalue weighted by Crippen LogP contribution is -2.42. The number of rotatable bonds is 0. The van der Waals surface area contributed by atoms with Crippen molar-refractivity contribution in [2.24, 2.45) is 0 Å².